The predicted octanol–water partition coefficient (Wildman–Crippen LogP) is 5.40. The lowest BCUT2D eigenvalue weighted by molar-refractivity contribution is -0.138. The highest BCUT2D eigenvalue weighted by molar-refractivity contribution is 6.30. The summed E-state index contributed by atoms with van der Waals surface area (Å²) in [7, 11) is 3.57. The molecule has 2 N–H and O–H groups in total. The number of benzene rings is 1. The summed E-state index contributed by atoms with van der Waals surface area (Å²) in [6.07, 6.45) is 5.55. The Morgan fingerprint density at radius 1 is 1.12 bits per heavy atom. The molecule has 0 saturated heterocycles. The van der Waals surface area contributed by atoms with E-state index < -0.39 is 11.9 Å². The molecule has 184 valence electrons. The van der Waals surface area contributed by atoms with Crippen molar-refractivity contribution in [3.05, 3.63) is 46.9 Å². The number of rotatable bonds is 7. The summed E-state index contributed by atoms with van der Waals surface area (Å²) in [5.41, 5.74) is 2.22. The number of aromatic nitrogens is 2. The zero-order chi connectivity index (χ0) is 25.0. The summed E-state index contributed by atoms with van der Waals surface area (Å²) in [6, 6.07) is 7.33. The van der Waals surface area contributed by atoms with E-state index in [-0.39, 0.29) is 28.8 Å². The molecule has 1 unspecified atom stereocenters. The molecule has 1 saturated carbocycles. The molecule has 1 heterocycles. The zero-order valence-corrected chi connectivity index (χ0v) is 21.4. The minimum absolute atomic E-state index is 0.0411. The highest BCUT2D eigenvalue weighted by atomic mass is 35.5. The molecule has 2 aromatic rings. The molecule has 0 bridgehead atoms. The third-order valence-electron chi connectivity index (χ3n) is 6.87. The van der Waals surface area contributed by atoms with Crippen molar-refractivity contribution in [2.45, 2.75) is 58.8 Å². The zero-order valence-electron chi connectivity index (χ0n) is 20.6. The molecule has 1 aromatic heterocycles. The number of carbonyl (C=O) groups excluding carboxylic acids is 1. The Bertz CT molecular complexity index is 1010. The van der Waals surface area contributed by atoms with Gasteiger partial charge in [0.05, 0.1) is 5.92 Å². The average Bonchev–Trinajstić information content (AvgIpc) is 2.78. The fourth-order valence-corrected chi connectivity index (χ4v) is 5.02. The monoisotopic (exact) mass is 486 g/mol. The van der Waals surface area contributed by atoms with Crippen molar-refractivity contribution in [1.29, 1.82) is 0 Å². The fraction of sp³-hybridized carbons (Fsp3) is 0.538. The largest absolute Gasteiger partial charge is 0.481 e. The van der Waals surface area contributed by atoms with Crippen molar-refractivity contribution in [3.63, 3.8) is 0 Å². The van der Waals surface area contributed by atoms with E-state index in [1.807, 2.05) is 24.3 Å². The number of halogens is 1. The smallest absolute Gasteiger partial charge is 0.311 e. The molecule has 1 fully saturated rings. The topological polar surface area (TPSA) is 95.4 Å². The highest BCUT2D eigenvalue weighted by Crippen LogP contribution is 2.40. The maximum Gasteiger partial charge on any atom is 0.311 e. The van der Waals surface area contributed by atoms with Gasteiger partial charge < -0.3 is 15.3 Å². The van der Waals surface area contributed by atoms with Gasteiger partial charge >= 0.3 is 5.97 Å². The van der Waals surface area contributed by atoms with Crippen molar-refractivity contribution in [2.75, 3.05) is 24.3 Å². The van der Waals surface area contributed by atoms with E-state index in [1.165, 1.54) is 6.33 Å². The van der Waals surface area contributed by atoms with Gasteiger partial charge in [-0.05, 0) is 61.1 Å². The molecule has 0 radical (unpaired) electrons. The van der Waals surface area contributed by atoms with Crippen LogP contribution in [0.25, 0.3) is 0 Å². The SMILES string of the molecule is CN(C)c1ncnc(Cl)c1C(Cc1ccc(NC(=O)C2CCC(C(C)(C)C)CC2)cc1)C(=O)O. The van der Waals surface area contributed by atoms with Crippen LogP contribution in [0.15, 0.2) is 30.6 Å². The van der Waals surface area contributed by atoms with Crippen LogP contribution in [-0.2, 0) is 16.0 Å². The number of carboxylic acid groups (broad SMARTS) is 1. The first-order valence-corrected chi connectivity index (χ1v) is 12.2. The van der Waals surface area contributed by atoms with Crippen LogP contribution in [-0.4, -0.2) is 41.0 Å². The van der Waals surface area contributed by atoms with Gasteiger partial charge in [-0.1, -0.05) is 44.5 Å². The number of amides is 1. The van der Waals surface area contributed by atoms with Gasteiger partial charge in [0, 0.05) is 31.3 Å². The Kier molecular flexibility index (Phi) is 8.18. The van der Waals surface area contributed by atoms with E-state index in [0.29, 0.717) is 23.0 Å². The Labute approximate surface area is 206 Å². The molecule has 1 aromatic carbocycles. The molecule has 0 spiro atoms. The molecule has 0 aliphatic heterocycles. The van der Waals surface area contributed by atoms with Gasteiger partial charge in [0.2, 0.25) is 5.91 Å². The van der Waals surface area contributed by atoms with Crippen LogP contribution in [0.1, 0.15) is 63.5 Å². The van der Waals surface area contributed by atoms with Crippen LogP contribution in [0.4, 0.5) is 11.5 Å². The minimum atomic E-state index is -0.997. The van der Waals surface area contributed by atoms with Crippen molar-refractivity contribution >= 4 is 35.0 Å². The van der Waals surface area contributed by atoms with Gasteiger partial charge in [0.15, 0.2) is 0 Å². The van der Waals surface area contributed by atoms with Crippen LogP contribution in [0, 0.1) is 17.3 Å². The highest BCUT2D eigenvalue weighted by Gasteiger charge is 2.32. The summed E-state index contributed by atoms with van der Waals surface area (Å²) in [6.45, 7) is 6.82. The maximum atomic E-state index is 12.8. The molecule has 3 rings (SSSR count). The van der Waals surface area contributed by atoms with E-state index in [9.17, 15) is 14.7 Å². The van der Waals surface area contributed by atoms with E-state index in [0.717, 1.165) is 31.2 Å². The quantitative estimate of drug-likeness (QED) is 0.509. The Morgan fingerprint density at radius 2 is 1.74 bits per heavy atom. The fourth-order valence-electron chi connectivity index (χ4n) is 4.76. The summed E-state index contributed by atoms with van der Waals surface area (Å²) >= 11 is 6.28. The minimum Gasteiger partial charge on any atom is -0.481 e. The lowest BCUT2D eigenvalue weighted by Gasteiger charge is -2.36. The van der Waals surface area contributed by atoms with Gasteiger partial charge in [-0.3, -0.25) is 9.59 Å². The van der Waals surface area contributed by atoms with Crippen LogP contribution in [0.2, 0.25) is 5.15 Å². The number of anilines is 2. The number of nitrogens with one attached hydrogen (secondary N) is 1. The number of carboxylic acids is 1. The van der Waals surface area contributed by atoms with Crippen LogP contribution >= 0.6 is 11.6 Å². The maximum absolute atomic E-state index is 12.8. The van der Waals surface area contributed by atoms with Crippen molar-refractivity contribution in [1.82, 2.24) is 9.97 Å². The molecule has 8 heteroatoms. The molecule has 34 heavy (non-hydrogen) atoms. The Morgan fingerprint density at radius 3 is 2.26 bits per heavy atom. The lowest BCUT2D eigenvalue weighted by atomic mass is 9.69. The second-order valence-electron chi connectivity index (χ2n) is 10.5. The molecule has 1 aliphatic carbocycles. The van der Waals surface area contributed by atoms with Gasteiger partial charge in [-0.25, -0.2) is 9.97 Å². The predicted molar refractivity (Wildman–Crippen MR) is 135 cm³/mol. The first-order valence-electron chi connectivity index (χ1n) is 11.8. The van der Waals surface area contributed by atoms with Crippen molar-refractivity contribution in [3.8, 4) is 0 Å². The first-order chi connectivity index (χ1) is 16.0. The molecule has 1 amide bonds. The second kappa shape index (κ2) is 10.7. The van der Waals surface area contributed by atoms with Crippen LogP contribution in [0.3, 0.4) is 0 Å². The van der Waals surface area contributed by atoms with Gasteiger partial charge in [0.25, 0.3) is 0 Å². The number of nitrogens with zero attached hydrogens (tertiary/aromatic N) is 3. The van der Waals surface area contributed by atoms with E-state index in [4.69, 9.17) is 11.6 Å². The summed E-state index contributed by atoms with van der Waals surface area (Å²) in [5, 5.41) is 13.1. The summed E-state index contributed by atoms with van der Waals surface area (Å²) < 4.78 is 0. The number of carbonyl (C=O) groups is 2. The van der Waals surface area contributed by atoms with E-state index in [1.54, 1.807) is 19.0 Å². The first kappa shape index (κ1) is 25.9. The van der Waals surface area contributed by atoms with Gasteiger partial charge in [0.1, 0.15) is 17.3 Å². The van der Waals surface area contributed by atoms with Crippen LogP contribution < -0.4 is 10.2 Å². The molecular formula is C26H35ClN4O3. The van der Waals surface area contributed by atoms with Gasteiger partial charge in [-0.15, -0.1) is 0 Å². The normalized spacial score (nSPS) is 19.4. The molecule has 1 atom stereocenters. The third kappa shape index (κ3) is 6.26. The van der Waals surface area contributed by atoms with E-state index in [2.05, 4.69) is 36.1 Å². The summed E-state index contributed by atoms with van der Waals surface area (Å²) in [5.74, 6) is -0.647. The Balaban J connectivity index is 1.66. The number of hydrogen-bond acceptors (Lipinski definition) is 5. The van der Waals surface area contributed by atoms with Crippen molar-refractivity contribution < 1.29 is 14.7 Å². The van der Waals surface area contributed by atoms with Gasteiger partial charge in [-0.2, -0.15) is 0 Å². The average molecular weight is 487 g/mol. The third-order valence-corrected chi connectivity index (χ3v) is 7.17. The summed E-state index contributed by atoms with van der Waals surface area (Å²) in [4.78, 5) is 34.8. The van der Waals surface area contributed by atoms with Crippen molar-refractivity contribution in [2.24, 2.45) is 17.3 Å². The second-order valence-corrected chi connectivity index (χ2v) is 10.8. The van der Waals surface area contributed by atoms with Crippen LogP contribution in [0.5, 0.6) is 0 Å². The standard InChI is InChI=1S/C26H35ClN4O3/c1-26(2,3)18-10-8-17(9-11-18)24(32)30-19-12-6-16(7-13-19)14-20(25(33)34)21-22(27)28-15-29-23(21)31(4)5/h6-7,12-13,15,17-18,20H,8-11,14H2,1-5H3,(H,30,32)(H,33,34). The van der Waals surface area contributed by atoms with E-state index >= 15 is 0 Å². The molecular weight excluding hydrogens is 452 g/mol. The number of hydrogen-bond donors (Lipinski definition) is 2. The molecule has 1 aliphatic rings. The Hall–Kier alpha value is -2.67. The lowest BCUT2D eigenvalue weighted by Crippen LogP contribution is -2.31. The number of aliphatic carboxylic acids is 1. The molecule has 7 nitrogen and oxygen atoms in total.